The summed E-state index contributed by atoms with van der Waals surface area (Å²) >= 11 is 12.5. The Bertz CT molecular complexity index is 1400. The summed E-state index contributed by atoms with van der Waals surface area (Å²) in [4.78, 5) is 28.3. The molecule has 0 heterocycles. The fraction of sp³-hybridized carbons (Fsp3) is 0.310. The van der Waals surface area contributed by atoms with Gasteiger partial charge in [0.05, 0.1) is 17.7 Å². The molecule has 0 bridgehead atoms. The minimum atomic E-state index is -4.15. The highest BCUT2D eigenvalue weighted by molar-refractivity contribution is 7.92. The third kappa shape index (κ3) is 7.90. The summed E-state index contributed by atoms with van der Waals surface area (Å²) < 4.78 is 33.8. The van der Waals surface area contributed by atoms with Crippen LogP contribution >= 0.6 is 23.2 Å². The molecule has 11 heteroatoms. The number of nitrogens with one attached hydrogen (secondary N) is 1. The van der Waals surface area contributed by atoms with E-state index in [1.165, 1.54) is 24.1 Å². The van der Waals surface area contributed by atoms with Crippen LogP contribution < -0.4 is 14.4 Å². The predicted octanol–water partition coefficient (Wildman–Crippen LogP) is 5.53. The van der Waals surface area contributed by atoms with Gasteiger partial charge in [0.1, 0.15) is 18.3 Å². The normalized spacial score (nSPS) is 11.9. The van der Waals surface area contributed by atoms with Crippen molar-refractivity contribution in [3.8, 4) is 5.75 Å². The molecule has 1 atom stereocenters. The average Bonchev–Trinajstić information content (AvgIpc) is 2.95. The van der Waals surface area contributed by atoms with Crippen LogP contribution in [0.5, 0.6) is 5.75 Å². The van der Waals surface area contributed by atoms with Crippen molar-refractivity contribution >= 4 is 50.7 Å². The number of anilines is 1. The maximum Gasteiger partial charge on any atom is 0.264 e. The molecule has 3 rings (SSSR count). The number of sulfonamides is 1. The van der Waals surface area contributed by atoms with E-state index in [0.29, 0.717) is 27.9 Å². The Labute approximate surface area is 245 Å². The largest absolute Gasteiger partial charge is 0.497 e. The number of hydrogen-bond donors (Lipinski definition) is 1. The van der Waals surface area contributed by atoms with Gasteiger partial charge in [-0.15, -0.1) is 0 Å². The summed E-state index contributed by atoms with van der Waals surface area (Å²) in [6.45, 7) is 3.49. The van der Waals surface area contributed by atoms with E-state index in [4.69, 9.17) is 27.9 Å². The summed E-state index contributed by atoms with van der Waals surface area (Å²) in [5.41, 5.74) is 0.831. The number of halogens is 2. The van der Waals surface area contributed by atoms with Crippen LogP contribution in [0.3, 0.4) is 0 Å². The lowest BCUT2D eigenvalue weighted by Gasteiger charge is -2.32. The Morgan fingerprint density at radius 2 is 1.68 bits per heavy atom. The summed E-state index contributed by atoms with van der Waals surface area (Å²) in [7, 11) is -2.65. The highest BCUT2D eigenvalue weighted by atomic mass is 35.5. The highest BCUT2D eigenvalue weighted by Gasteiger charge is 2.32. The number of carbonyl (C=O) groups excluding carboxylic acids is 2. The maximum absolute atomic E-state index is 13.9. The minimum absolute atomic E-state index is 0.0243. The van der Waals surface area contributed by atoms with E-state index >= 15 is 0 Å². The third-order valence-electron chi connectivity index (χ3n) is 6.32. The molecule has 0 saturated carbocycles. The molecule has 3 aromatic carbocycles. The molecule has 0 aliphatic rings. The maximum atomic E-state index is 13.9. The first-order chi connectivity index (χ1) is 19.1. The van der Waals surface area contributed by atoms with Gasteiger partial charge in [-0.3, -0.25) is 13.9 Å². The zero-order valence-corrected chi connectivity index (χ0v) is 25.0. The van der Waals surface area contributed by atoms with Crippen molar-refractivity contribution in [3.63, 3.8) is 0 Å². The Hall–Kier alpha value is -3.27. The molecular formula is C29H33Cl2N3O5S. The smallest absolute Gasteiger partial charge is 0.264 e. The predicted molar refractivity (Wildman–Crippen MR) is 158 cm³/mol. The first-order valence-electron chi connectivity index (χ1n) is 12.8. The number of rotatable bonds is 13. The molecule has 0 aromatic heterocycles. The van der Waals surface area contributed by atoms with Gasteiger partial charge in [-0.25, -0.2) is 8.42 Å². The third-order valence-corrected chi connectivity index (χ3v) is 8.70. The van der Waals surface area contributed by atoms with Crippen LogP contribution in [0.4, 0.5) is 5.69 Å². The molecule has 0 fully saturated rings. The molecule has 8 nitrogen and oxygen atoms in total. The lowest BCUT2D eigenvalue weighted by Crippen LogP contribution is -2.51. The fourth-order valence-electron chi connectivity index (χ4n) is 3.95. The first kappa shape index (κ1) is 31.3. The van der Waals surface area contributed by atoms with Crippen molar-refractivity contribution in [1.29, 1.82) is 0 Å². The van der Waals surface area contributed by atoms with E-state index in [0.717, 1.165) is 17.1 Å². The molecule has 0 aliphatic carbocycles. The number of unbranched alkanes of at least 4 members (excludes halogenated alkanes) is 1. The first-order valence-corrected chi connectivity index (χ1v) is 15.0. The zero-order chi connectivity index (χ0) is 29.3. The van der Waals surface area contributed by atoms with Crippen LogP contribution in [0.1, 0.15) is 32.3 Å². The van der Waals surface area contributed by atoms with Gasteiger partial charge in [0.2, 0.25) is 11.8 Å². The van der Waals surface area contributed by atoms with Gasteiger partial charge < -0.3 is 15.0 Å². The van der Waals surface area contributed by atoms with Gasteiger partial charge in [0, 0.05) is 23.1 Å². The molecule has 0 saturated heterocycles. The van der Waals surface area contributed by atoms with E-state index in [2.05, 4.69) is 5.32 Å². The number of benzene rings is 3. The SMILES string of the molecule is CCCCNC(=O)[C@@H](C)N(Cc1ccc(Cl)cc1Cl)C(=O)CN(c1ccc(OC)cc1)S(=O)(=O)c1ccccc1. The van der Waals surface area contributed by atoms with Crippen molar-refractivity contribution in [1.82, 2.24) is 10.2 Å². The second-order valence-corrected chi connectivity index (χ2v) is 11.8. The lowest BCUT2D eigenvalue weighted by atomic mass is 10.1. The van der Waals surface area contributed by atoms with Crippen LogP contribution in [-0.2, 0) is 26.2 Å². The van der Waals surface area contributed by atoms with Crippen molar-refractivity contribution in [3.05, 3.63) is 88.4 Å². The van der Waals surface area contributed by atoms with Crippen LogP contribution in [0, 0.1) is 0 Å². The van der Waals surface area contributed by atoms with E-state index < -0.39 is 28.5 Å². The summed E-state index contributed by atoms with van der Waals surface area (Å²) in [5.74, 6) is -0.406. The lowest BCUT2D eigenvalue weighted by molar-refractivity contribution is -0.139. The molecule has 0 spiro atoms. The quantitative estimate of drug-likeness (QED) is 0.258. The van der Waals surface area contributed by atoms with Crippen molar-refractivity contribution in [2.45, 2.75) is 44.2 Å². The van der Waals surface area contributed by atoms with E-state index in [1.807, 2.05) is 6.92 Å². The van der Waals surface area contributed by atoms with Crippen molar-refractivity contribution in [2.75, 3.05) is 24.5 Å². The van der Waals surface area contributed by atoms with Crippen LogP contribution in [0.2, 0.25) is 10.0 Å². The monoisotopic (exact) mass is 605 g/mol. The van der Waals surface area contributed by atoms with E-state index in [1.54, 1.807) is 67.6 Å². The molecule has 0 radical (unpaired) electrons. The molecule has 1 N–H and O–H groups in total. The topological polar surface area (TPSA) is 96.0 Å². The highest BCUT2D eigenvalue weighted by Crippen LogP contribution is 2.27. The van der Waals surface area contributed by atoms with E-state index in [9.17, 15) is 18.0 Å². The van der Waals surface area contributed by atoms with Gasteiger partial charge in [0.15, 0.2) is 0 Å². The molecule has 214 valence electrons. The van der Waals surface area contributed by atoms with E-state index in [-0.39, 0.29) is 23.0 Å². The van der Waals surface area contributed by atoms with Gasteiger partial charge in [-0.2, -0.15) is 0 Å². The Kier molecular flexibility index (Phi) is 11.2. The Balaban J connectivity index is 2.01. The standard InChI is InChI=1S/C29H33Cl2N3O5S/c1-4-5-17-32-29(36)21(2)33(19-22-11-12-23(30)18-27(22)31)28(35)20-34(24-13-15-25(39-3)16-14-24)40(37,38)26-9-7-6-8-10-26/h6-16,18,21H,4-5,17,19-20H2,1-3H3,(H,32,36)/t21-/m1/s1. The average molecular weight is 607 g/mol. The van der Waals surface area contributed by atoms with Crippen molar-refractivity contribution < 1.29 is 22.7 Å². The van der Waals surface area contributed by atoms with Crippen LogP contribution in [0.25, 0.3) is 0 Å². The van der Waals surface area contributed by atoms with Gasteiger partial charge >= 0.3 is 0 Å². The number of amides is 2. The van der Waals surface area contributed by atoms with Crippen molar-refractivity contribution in [2.24, 2.45) is 0 Å². The number of ether oxygens (including phenoxy) is 1. The summed E-state index contributed by atoms with van der Waals surface area (Å²) in [6, 6.07) is 18.2. The Morgan fingerprint density at radius 3 is 2.27 bits per heavy atom. The van der Waals surface area contributed by atoms with Crippen LogP contribution in [0.15, 0.2) is 77.7 Å². The number of nitrogens with zero attached hydrogens (tertiary/aromatic N) is 2. The second-order valence-electron chi connectivity index (χ2n) is 9.10. The second kappa shape index (κ2) is 14.4. The van der Waals surface area contributed by atoms with Crippen LogP contribution in [-0.4, -0.2) is 51.4 Å². The number of hydrogen-bond acceptors (Lipinski definition) is 5. The molecule has 3 aromatic rings. The molecular weight excluding hydrogens is 573 g/mol. The van der Waals surface area contributed by atoms with Gasteiger partial charge in [-0.05, 0) is 67.4 Å². The molecule has 0 unspecified atom stereocenters. The number of carbonyl (C=O) groups is 2. The molecule has 40 heavy (non-hydrogen) atoms. The zero-order valence-electron chi connectivity index (χ0n) is 22.6. The minimum Gasteiger partial charge on any atom is -0.497 e. The summed E-state index contributed by atoms with van der Waals surface area (Å²) in [5, 5.41) is 3.60. The van der Waals surface area contributed by atoms with Gasteiger partial charge in [-0.1, -0.05) is 60.8 Å². The fourth-order valence-corrected chi connectivity index (χ4v) is 5.85. The van der Waals surface area contributed by atoms with Gasteiger partial charge in [0.25, 0.3) is 10.0 Å². The molecule has 2 amide bonds. The number of methoxy groups -OCH3 is 1. The Morgan fingerprint density at radius 1 is 1.00 bits per heavy atom. The molecule has 0 aliphatic heterocycles. The summed E-state index contributed by atoms with van der Waals surface area (Å²) in [6.07, 6.45) is 1.68.